The number of fused-ring (bicyclic) bond motifs is 1. The highest BCUT2D eigenvalue weighted by Crippen LogP contribution is 2.41. The Balaban J connectivity index is 2.22. The third-order valence-corrected chi connectivity index (χ3v) is 3.63. The van der Waals surface area contributed by atoms with Gasteiger partial charge in [-0.05, 0) is 23.3 Å². The molecule has 0 unspecified atom stereocenters. The van der Waals surface area contributed by atoms with Crippen LogP contribution in [0.15, 0.2) is 36.4 Å². The molecule has 0 amide bonds. The van der Waals surface area contributed by atoms with Crippen molar-refractivity contribution in [1.82, 2.24) is 0 Å². The Kier molecular flexibility index (Phi) is 3.74. The molecule has 3 rings (SSSR count). The summed E-state index contributed by atoms with van der Waals surface area (Å²) in [5.74, 6) is -0.460. The molecule has 5 heteroatoms. The number of esters is 1. The van der Waals surface area contributed by atoms with Crippen LogP contribution in [0.3, 0.4) is 0 Å². The molecule has 0 spiro atoms. The molecule has 2 aromatic rings. The van der Waals surface area contributed by atoms with E-state index in [0.717, 1.165) is 11.1 Å². The van der Waals surface area contributed by atoms with Crippen LogP contribution < -0.4 is 9.47 Å². The molecule has 120 valence electrons. The monoisotopic (exact) mass is 314 g/mol. The number of aliphatic hydroxyl groups excluding tert-OH is 1. The molecular weight excluding hydrogens is 296 g/mol. The van der Waals surface area contributed by atoms with Gasteiger partial charge >= 0.3 is 5.97 Å². The van der Waals surface area contributed by atoms with Gasteiger partial charge in [0.1, 0.15) is 17.1 Å². The standard InChI is InChI=1S/C18H18O5/c1-18(2)22-15-9-13(21-3)8-14(16(15)17(20)23-18)12-6-4-5-11(7-12)10-19/h4-9,19H,10H2,1-3H3. The zero-order valence-corrected chi connectivity index (χ0v) is 13.3. The minimum Gasteiger partial charge on any atom is -0.497 e. The summed E-state index contributed by atoms with van der Waals surface area (Å²) in [7, 11) is 1.56. The zero-order chi connectivity index (χ0) is 16.6. The predicted octanol–water partition coefficient (Wildman–Crippen LogP) is 3.14. The maximum absolute atomic E-state index is 12.5. The fraction of sp³-hybridized carbons (Fsp3) is 0.278. The maximum Gasteiger partial charge on any atom is 0.345 e. The van der Waals surface area contributed by atoms with Crippen molar-refractivity contribution in [3.05, 3.63) is 47.5 Å². The normalized spacial score (nSPS) is 15.4. The second-order valence-electron chi connectivity index (χ2n) is 5.80. The fourth-order valence-corrected chi connectivity index (χ4v) is 2.62. The molecule has 1 heterocycles. The average molecular weight is 314 g/mol. The van der Waals surface area contributed by atoms with Crippen LogP contribution in [0.2, 0.25) is 0 Å². The number of carbonyl (C=O) groups excluding carboxylic acids is 1. The van der Waals surface area contributed by atoms with Gasteiger partial charge in [0.15, 0.2) is 0 Å². The van der Waals surface area contributed by atoms with Crippen LogP contribution in [0, 0.1) is 0 Å². The van der Waals surface area contributed by atoms with Gasteiger partial charge in [0.05, 0.1) is 13.7 Å². The Hall–Kier alpha value is -2.53. The Labute approximate surface area is 134 Å². The Morgan fingerprint density at radius 2 is 1.96 bits per heavy atom. The van der Waals surface area contributed by atoms with E-state index in [-0.39, 0.29) is 6.61 Å². The molecule has 1 aliphatic heterocycles. The van der Waals surface area contributed by atoms with Gasteiger partial charge < -0.3 is 19.3 Å². The van der Waals surface area contributed by atoms with Crippen LogP contribution in [-0.2, 0) is 11.3 Å². The first-order valence-corrected chi connectivity index (χ1v) is 7.28. The van der Waals surface area contributed by atoms with E-state index in [0.29, 0.717) is 22.6 Å². The SMILES string of the molecule is COc1cc2c(c(-c3cccc(CO)c3)c1)C(=O)OC(C)(C)O2. The topological polar surface area (TPSA) is 65.0 Å². The second kappa shape index (κ2) is 5.59. The van der Waals surface area contributed by atoms with E-state index in [1.54, 1.807) is 33.1 Å². The van der Waals surface area contributed by atoms with Crippen LogP contribution in [0.25, 0.3) is 11.1 Å². The molecule has 0 radical (unpaired) electrons. The number of carbonyl (C=O) groups is 1. The predicted molar refractivity (Wildman–Crippen MR) is 84.5 cm³/mol. The molecule has 5 nitrogen and oxygen atoms in total. The second-order valence-corrected chi connectivity index (χ2v) is 5.80. The van der Waals surface area contributed by atoms with Gasteiger partial charge in [-0.15, -0.1) is 0 Å². The van der Waals surface area contributed by atoms with E-state index in [1.807, 2.05) is 24.3 Å². The Morgan fingerprint density at radius 1 is 1.17 bits per heavy atom. The minimum absolute atomic E-state index is 0.0754. The lowest BCUT2D eigenvalue weighted by molar-refractivity contribution is -0.127. The summed E-state index contributed by atoms with van der Waals surface area (Å²) < 4.78 is 16.4. The number of methoxy groups -OCH3 is 1. The maximum atomic E-state index is 12.5. The first-order chi connectivity index (χ1) is 10.9. The van der Waals surface area contributed by atoms with Crippen LogP contribution in [0.4, 0.5) is 0 Å². The molecule has 2 aromatic carbocycles. The largest absolute Gasteiger partial charge is 0.497 e. The summed E-state index contributed by atoms with van der Waals surface area (Å²) in [4.78, 5) is 12.5. The van der Waals surface area contributed by atoms with Crippen molar-refractivity contribution < 1.29 is 24.1 Å². The molecule has 0 saturated heterocycles. The Bertz CT molecular complexity index is 764. The van der Waals surface area contributed by atoms with Gasteiger partial charge in [-0.2, -0.15) is 0 Å². The third kappa shape index (κ3) is 2.87. The third-order valence-electron chi connectivity index (χ3n) is 3.63. The summed E-state index contributed by atoms with van der Waals surface area (Å²) in [5, 5.41) is 9.33. The van der Waals surface area contributed by atoms with E-state index in [4.69, 9.17) is 14.2 Å². The van der Waals surface area contributed by atoms with Gasteiger partial charge in [0.2, 0.25) is 5.79 Å². The summed E-state index contributed by atoms with van der Waals surface area (Å²) in [5.41, 5.74) is 2.55. The van der Waals surface area contributed by atoms with E-state index < -0.39 is 11.8 Å². The van der Waals surface area contributed by atoms with Crippen molar-refractivity contribution in [2.75, 3.05) is 7.11 Å². The summed E-state index contributed by atoms with van der Waals surface area (Å²) >= 11 is 0. The number of rotatable bonds is 3. The van der Waals surface area contributed by atoms with E-state index >= 15 is 0 Å². The molecule has 1 aliphatic rings. The molecule has 0 bridgehead atoms. The van der Waals surface area contributed by atoms with E-state index in [2.05, 4.69) is 0 Å². The highest BCUT2D eigenvalue weighted by atomic mass is 16.7. The van der Waals surface area contributed by atoms with Crippen LogP contribution in [0.5, 0.6) is 11.5 Å². The van der Waals surface area contributed by atoms with E-state index in [1.165, 1.54) is 0 Å². The van der Waals surface area contributed by atoms with Gasteiger partial charge in [0, 0.05) is 25.5 Å². The quantitative estimate of drug-likeness (QED) is 0.882. The number of hydrogen-bond donors (Lipinski definition) is 1. The van der Waals surface area contributed by atoms with Gasteiger partial charge in [-0.3, -0.25) is 0 Å². The van der Waals surface area contributed by atoms with Crippen molar-refractivity contribution in [2.45, 2.75) is 26.2 Å². The molecule has 0 saturated carbocycles. The smallest absolute Gasteiger partial charge is 0.345 e. The first-order valence-electron chi connectivity index (χ1n) is 7.28. The van der Waals surface area contributed by atoms with Gasteiger partial charge in [0.25, 0.3) is 0 Å². The van der Waals surface area contributed by atoms with Crippen LogP contribution in [0.1, 0.15) is 29.8 Å². The lowest BCUT2D eigenvalue weighted by Crippen LogP contribution is -2.39. The number of benzene rings is 2. The van der Waals surface area contributed by atoms with Crippen molar-refractivity contribution in [2.24, 2.45) is 0 Å². The molecule has 0 aromatic heterocycles. The average Bonchev–Trinajstić information content (AvgIpc) is 2.52. The fourth-order valence-electron chi connectivity index (χ4n) is 2.62. The van der Waals surface area contributed by atoms with Crippen LogP contribution >= 0.6 is 0 Å². The van der Waals surface area contributed by atoms with E-state index in [9.17, 15) is 9.90 Å². The molecule has 0 fully saturated rings. The van der Waals surface area contributed by atoms with Crippen molar-refractivity contribution in [1.29, 1.82) is 0 Å². The Morgan fingerprint density at radius 3 is 2.65 bits per heavy atom. The van der Waals surface area contributed by atoms with Crippen molar-refractivity contribution in [3.8, 4) is 22.6 Å². The van der Waals surface area contributed by atoms with Gasteiger partial charge in [-0.25, -0.2) is 4.79 Å². The molecule has 0 aliphatic carbocycles. The summed E-state index contributed by atoms with van der Waals surface area (Å²) in [6, 6.07) is 10.8. The first kappa shape index (κ1) is 15.4. The number of ether oxygens (including phenoxy) is 3. The lowest BCUT2D eigenvalue weighted by atomic mass is 9.96. The number of aliphatic hydroxyl groups is 1. The number of cyclic esters (lactones) is 1. The van der Waals surface area contributed by atoms with Gasteiger partial charge in [-0.1, -0.05) is 18.2 Å². The number of hydrogen-bond acceptors (Lipinski definition) is 5. The zero-order valence-electron chi connectivity index (χ0n) is 13.3. The molecule has 23 heavy (non-hydrogen) atoms. The minimum atomic E-state index is -1.03. The molecular formula is C18H18O5. The summed E-state index contributed by atoms with van der Waals surface area (Å²) in [6.45, 7) is 3.28. The van der Waals surface area contributed by atoms with Crippen molar-refractivity contribution >= 4 is 5.97 Å². The highest BCUT2D eigenvalue weighted by molar-refractivity contribution is 6.01. The molecule has 1 N–H and O–H groups in total. The highest BCUT2D eigenvalue weighted by Gasteiger charge is 2.36. The molecule has 0 atom stereocenters. The lowest BCUT2D eigenvalue weighted by Gasteiger charge is -2.32. The van der Waals surface area contributed by atoms with Crippen molar-refractivity contribution in [3.63, 3.8) is 0 Å². The van der Waals surface area contributed by atoms with Crippen LogP contribution in [-0.4, -0.2) is 24.0 Å². The summed E-state index contributed by atoms with van der Waals surface area (Å²) in [6.07, 6.45) is 0.